The molecule has 10 nitrogen and oxygen atoms in total. The number of alkyl halides is 2. The van der Waals surface area contributed by atoms with Crippen LogP contribution in [-0.2, 0) is 10.3 Å². The zero-order valence-corrected chi connectivity index (χ0v) is 19.6. The molecule has 1 fully saturated rings. The number of carbonyl (C=O) groups is 1. The second-order valence-corrected chi connectivity index (χ2v) is 9.66. The van der Waals surface area contributed by atoms with E-state index in [4.69, 9.17) is 20.2 Å². The van der Waals surface area contributed by atoms with Crippen molar-refractivity contribution in [1.82, 2.24) is 29.2 Å². The summed E-state index contributed by atoms with van der Waals surface area (Å²) in [5.74, 6) is 0.308. The molecule has 1 amide bonds. The molecule has 1 saturated heterocycles. The van der Waals surface area contributed by atoms with E-state index in [0.717, 1.165) is 16.8 Å². The number of halogens is 2. The molecule has 3 aromatic heterocycles. The zero-order valence-electron chi connectivity index (χ0n) is 19.6. The van der Waals surface area contributed by atoms with Crippen molar-refractivity contribution in [2.75, 3.05) is 20.3 Å². The minimum atomic E-state index is -3.02. The molecule has 12 heteroatoms. The number of fused-ring (bicyclic) bond motifs is 9. The number of carbonyl (C=O) groups excluding carboxylic acids is 1. The number of hydrogen-bond donors (Lipinski definition) is 1. The molecule has 2 aliphatic heterocycles. The summed E-state index contributed by atoms with van der Waals surface area (Å²) >= 11 is 0. The van der Waals surface area contributed by atoms with Crippen molar-refractivity contribution in [1.29, 1.82) is 0 Å². The Morgan fingerprint density at radius 3 is 2.62 bits per heavy atom. The smallest absolute Gasteiger partial charge is 0.387 e. The minimum Gasteiger partial charge on any atom is -0.434 e. The normalized spacial score (nSPS) is 21.5. The summed E-state index contributed by atoms with van der Waals surface area (Å²) in [6.07, 6.45) is 7.44. The first-order valence-corrected chi connectivity index (χ1v) is 11.8. The zero-order chi connectivity index (χ0) is 25.5. The number of rotatable bonds is 4. The molecule has 1 aromatic carbocycles. The van der Waals surface area contributed by atoms with Gasteiger partial charge in [0.25, 0.3) is 5.91 Å². The highest BCUT2D eigenvalue weighted by Gasteiger charge is 2.46. The lowest BCUT2D eigenvalue weighted by Gasteiger charge is -2.35. The van der Waals surface area contributed by atoms with E-state index < -0.39 is 12.2 Å². The van der Waals surface area contributed by atoms with Crippen molar-refractivity contribution in [2.45, 2.75) is 30.5 Å². The Labute approximate surface area is 209 Å². The van der Waals surface area contributed by atoms with Crippen LogP contribution < -0.4 is 10.5 Å². The lowest BCUT2D eigenvalue weighted by atomic mass is 9.91. The number of nitrogens with zero attached hydrogens (tertiary/aromatic N) is 6. The molecule has 188 valence electrons. The molecule has 3 aliphatic rings. The summed E-state index contributed by atoms with van der Waals surface area (Å²) in [6, 6.07) is 4.36. The van der Waals surface area contributed by atoms with Gasteiger partial charge in [-0.25, -0.2) is 19.9 Å². The van der Waals surface area contributed by atoms with E-state index in [2.05, 4.69) is 15.0 Å². The molecule has 0 saturated carbocycles. The number of benzene rings is 1. The molecule has 37 heavy (non-hydrogen) atoms. The number of hydrogen-bond acceptors (Lipinski definition) is 8. The highest BCUT2D eigenvalue weighted by molar-refractivity contribution is 5.98. The van der Waals surface area contributed by atoms with Crippen molar-refractivity contribution >= 4 is 11.7 Å². The third-order valence-corrected chi connectivity index (χ3v) is 7.45. The molecule has 2 N–H and O–H groups in total. The fourth-order valence-corrected chi connectivity index (χ4v) is 5.56. The maximum absolute atomic E-state index is 13.3. The van der Waals surface area contributed by atoms with Crippen molar-refractivity contribution in [3.8, 4) is 16.9 Å². The van der Waals surface area contributed by atoms with Crippen LogP contribution in [0.5, 0.6) is 5.75 Å². The average molecular weight is 505 g/mol. The number of nitrogens with two attached hydrogens (primary N) is 1. The van der Waals surface area contributed by atoms with E-state index in [-0.39, 0.29) is 23.6 Å². The van der Waals surface area contributed by atoms with Gasteiger partial charge in [-0.1, -0.05) is 6.07 Å². The van der Waals surface area contributed by atoms with Gasteiger partial charge in [0.15, 0.2) is 5.82 Å². The molecule has 2 bridgehead atoms. The fourth-order valence-electron chi connectivity index (χ4n) is 5.56. The van der Waals surface area contributed by atoms with Crippen LogP contribution in [-0.4, -0.2) is 62.0 Å². The van der Waals surface area contributed by atoms with Crippen LogP contribution in [0.3, 0.4) is 0 Å². The van der Waals surface area contributed by atoms with E-state index in [1.54, 1.807) is 42.7 Å². The first-order chi connectivity index (χ1) is 17.8. The van der Waals surface area contributed by atoms with Crippen molar-refractivity contribution in [3.63, 3.8) is 0 Å². The molecular formula is C25H21F2N7O3. The van der Waals surface area contributed by atoms with Gasteiger partial charge in [0.05, 0.1) is 30.6 Å². The summed E-state index contributed by atoms with van der Waals surface area (Å²) in [6.45, 7) is -2.27. The number of amides is 1. The standard InChI is InChI=1S/C25H21F2N7O3/c1-33-16-5-15(18-14(21(33)35)3-2-4-17(18)37-23(26)27)20-19(16)32-24-31-8-13(9-34(20)24)12-6-29-22(30-7-12)25(28)10-36-11-25/h2-4,6-9,15-16,23H,5,10-11,28H2,1H3. The summed E-state index contributed by atoms with van der Waals surface area (Å²) in [5.41, 5.74) is 9.33. The Balaban J connectivity index is 1.37. The first kappa shape index (κ1) is 22.2. The Kier molecular flexibility index (Phi) is 4.64. The number of ether oxygens (including phenoxy) is 2. The average Bonchev–Trinajstić information content (AvgIpc) is 3.40. The molecule has 7 rings (SSSR count). The monoisotopic (exact) mass is 505 g/mol. The van der Waals surface area contributed by atoms with Gasteiger partial charge in [0.1, 0.15) is 11.3 Å². The van der Waals surface area contributed by atoms with Gasteiger partial charge in [-0.2, -0.15) is 8.78 Å². The van der Waals surface area contributed by atoms with Crippen LogP contribution in [0, 0.1) is 0 Å². The maximum atomic E-state index is 13.3. The van der Waals surface area contributed by atoms with Gasteiger partial charge in [0, 0.05) is 60.0 Å². The van der Waals surface area contributed by atoms with Crippen LogP contribution in [0.1, 0.15) is 51.5 Å². The maximum Gasteiger partial charge on any atom is 0.387 e. The lowest BCUT2D eigenvalue weighted by Crippen LogP contribution is -2.55. The van der Waals surface area contributed by atoms with Crippen LogP contribution >= 0.6 is 0 Å². The summed E-state index contributed by atoms with van der Waals surface area (Å²) in [4.78, 5) is 33.0. The Morgan fingerprint density at radius 1 is 1.16 bits per heavy atom. The Morgan fingerprint density at radius 2 is 1.92 bits per heavy atom. The third kappa shape index (κ3) is 3.18. The lowest BCUT2D eigenvalue weighted by molar-refractivity contribution is -0.0613. The molecule has 2 unspecified atom stereocenters. The summed E-state index contributed by atoms with van der Waals surface area (Å²) in [7, 11) is 1.70. The number of aromatic nitrogens is 5. The Hall–Kier alpha value is -4.03. The minimum absolute atomic E-state index is 0.00788. The highest BCUT2D eigenvalue weighted by atomic mass is 19.3. The number of imidazole rings is 1. The predicted octanol–water partition coefficient (Wildman–Crippen LogP) is 2.63. The van der Waals surface area contributed by atoms with Gasteiger partial charge in [-0.15, -0.1) is 0 Å². The van der Waals surface area contributed by atoms with Crippen LogP contribution in [0.4, 0.5) is 8.78 Å². The first-order valence-electron chi connectivity index (χ1n) is 11.8. The van der Waals surface area contributed by atoms with E-state index in [0.29, 0.717) is 48.1 Å². The topological polar surface area (TPSA) is 121 Å². The van der Waals surface area contributed by atoms with Crippen LogP contribution in [0.2, 0.25) is 0 Å². The van der Waals surface area contributed by atoms with Gasteiger partial charge in [-0.3, -0.25) is 9.20 Å². The van der Waals surface area contributed by atoms with Gasteiger partial charge in [0.2, 0.25) is 5.78 Å². The van der Waals surface area contributed by atoms with Gasteiger partial charge >= 0.3 is 6.61 Å². The molecule has 1 aliphatic carbocycles. The second kappa shape index (κ2) is 7.73. The van der Waals surface area contributed by atoms with Crippen molar-refractivity contribution < 1.29 is 23.0 Å². The molecule has 0 radical (unpaired) electrons. The summed E-state index contributed by atoms with van der Waals surface area (Å²) in [5, 5.41) is 0. The summed E-state index contributed by atoms with van der Waals surface area (Å²) < 4.78 is 38.5. The quantitative estimate of drug-likeness (QED) is 0.450. The molecule has 4 aromatic rings. The van der Waals surface area contributed by atoms with E-state index >= 15 is 0 Å². The third-order valence-electron chi connectivity index (χ3n) is 7.45. The fraction of sp³-hybridized carbons (Fsp3) is 0.320. The van der Waals surface area contributed by atoms with Crippen molar-refractivity contribution in [3.05, 3.63) is 71.3 Å². The van der Waals surface area contributed by atoms with E-state index in [9.17, 15) is 13.6 Å². The second-order valence-electron chi connectivity index (χ2n) is 9.66. The molecule has 5 heterocycles. The van der Waals surface area contributed by atoms with Crippen LogP contribution in [0.15, 0.2) is 43.0 Å². The largest absolute Gasteiger partial charge is 0.434 e. The molecular weight excluding hydrogens is 484 g/mol. The molecule has 2 atom stereocenters. The van der Waals surface area contributed by atoms with E-state index in [1.165, 1.54) is 6.07 Å². The predicted molar refractivity (Wildman–Crippen MR) is 125 cm³/mol. The molecule has 0 spiro atoms. The van der Waals surface area contributed by atoms with Crippen molar-refractivity contribution in [2.24, 2.45) is 5.73 Å². The SMILES string of the molecule is CN1C(=O)c2cccc(OC(F)F)c2C2CC1c1nc3ncc(-c4cnc(C5(N)COC5)nc4)cn3c12. The Bertz CT molecular complexity index is 1570. The van der Waals surface area contributed by atoms with Gasteiger partial charge in [-0.05, 0) is 18.6 Å². The van der Waals surface area contributed by atoms with Crippen LogP contribution in [0.25, 0.3) is 16.9 Å². The highest BCUT2D eigenvalue weighted by Crippen LogP contribution is 2.52. The van der Waals surface area contributed by atoms with Gasteiger partial charge < -0.3 is 20.1 Å². The van der Waals surface area contributed by atoms with E-state index in [1.807, 2.05) is 10.6 Å².